The summed E-state index contributed by atoms with van der Waals surface area (Å²) in [5.41, 5.74) is 2.25. The molecule has 17 heavy (non-hydrogen) atoms. The van der Waals surface area contributed by atoms with Crippen molar-refractivity contribution in [2.24, 2.45) is 7.05 Å². The number of pyridine rings is 1. The molecule has 5 heteroatoms. The number of hydrogen-bond acceptors (Lipinski definition) is 4. The maximum Gasteiger partial charge on any atom is 0.138 e. The summed E-state index contributed by atoms with van der Waals surface area (Å²) in [5, 5.41) is 7.38. The summed E-state index contributed by atoms with van der Waals surface area (Å²) in [6.45, 7) is 2.00. The van der Waals surface area contributed by atoms with Crippen LogP contribution in [-0.4, -0.2) is 26.8 Å². The maximum absolute atomic E-state index is 4.25. The molecular formula is C12H17N5. The smallest absolute Gasteiger partial charge is 0.138 e. The van der Waals surface area contributed by atoms with E-state index in [0.717, 1.165) is 17.9 Å². The van der Waals surface area contributed by atoms with E-state index in [9.17, 15) is 0 Å². The molecule has 1 N–H and O–H groups in total. The SMILES string of the molecule is CNC(Cc1ncnn1C)c1ccnc(C)c1. The van der Waals surface area contributed by atoms with Crippen LogP contribution in [0, 0.1) is 6.92 Å². The number of aromatic nitrogens is 4. The van der Waals surface area contributed by atoms with Gasteiger partial charge in [-0.15, -0.1) is 0 Å². The first-order chi connectivity index (χ1) is 8.20. The van der Waals surface area contributed by atoms with Crippen LogP contribution in [0.5, 0.6) is 0 Å². The number of nitrogens with one attached hydrogen (secondary N) is 1. The van der Waals surface area contributed by atoms with Gasteiger partial charge < -0.3 is 5.32 Å². The van der Waals surface area contributed by atoms with E-state index in [1.165, 1.54) is 5.56 Å². The molecule has 90 valence electrons. The van der Waals surface area contributed by atoms with Gasteiger partial charge in [-0.05, 0) is 31.7 Å². The minimum atomic E-state index is 0.236. The zero-order chi connectivity index (χ0) is 12.3. The Morgan fingerprint density at radius 3 is 2.82 bits per heavy atom. The van der Waals surface area contributed by atoms with E-state index in [1.54, 1.807) is 11.0 Å². The normalized spacial score (nSPS) is 12.6. The molecule has 0 aliphatic carbocycles. The quantitative estimate of drug-likeness (QED) is 0.853. The van der Waals surface area contributed by atoms with Crippen molar-refractivity contribution >= 4 is 0 Å². The van der Waals surface area contributed by atoms with Crippen molar-refractivity contribution in [3.05, 3.63) is 41.7 Å². The minimum Gasteiger partial charge on any atom is -0.313 e. The summed E-state index contributed by atoms with van der Waals surface area (Å²) in [5.74, 6) is 0.971. The molecular weight excluding hydrogens is 214 g/mol. The monoisotopic (exact) mass is 231 g/mol. The average Bonchev–Trinajstić information content (AvgIpc) is 2.71. The van der Waals surface area contributed by atoms with Gasteiger partial charge in [0.25, 0.3) is 0 Å². The lowest BCUT2D eigenvalue weighted by Gasteiger charge is -2.16. The number of aryl methyl sites for hydroxylation is 2. The van der Waals surface area contributed by atoms with E-state index >= 15 is 0 Å². The predicted molar refractivity (Wildman–Crippen MR) is 65.5 cm³/mol. The summed E-state index contributed by atoms with van der Waals surface area (Å²) < 4.78 is 1.80. The van der Waals surface area contributed by atoms with Crippen molar-refractivity contribution in [1.82, 2.24) is 25.1 Å². The largest absolute Gasteiger partial charge is 0.313 e. The first kappa shape index (κ1) is 11.7. The number of rotatable bonds is 4. The Morgan fingerprint density at radius 2 is 2.24 bits per heavy atom. The van der Waals surface area contributed by atoms with Crippen molar-refractivity contribution in [3.63, 3.8) is 0 Å². The highest BCUT2D eigenvalue weighted by atomic mass is 15.3. The third kappa shape index (κ3) is 2.68. The van der Waals surface area contributed by atoms with Crippen molar-refractivity contribution in [2.45, 2.75) is 19.4 Å². The van der Waals surface area contributed by atoms with Gasteiger partial charge in [-0.25, -0.2) is 4.98 Å². The number of likely N-dealkylation sites (N-methyl/N-ethyl adjacent to an activating group) is 1. The number of hydrogen-bond donors (Lipinski definition) is 1. The molecule has 0 aliphatic rings. The van der Waals surface area contributed by atoms with Crippen LogP contribution in [0.4, 0.5) is 0 Å². The van der Waals surface area contributed by atoms with Crippen LogP contribution in [-0.2, 0) is 13.5 Å². The Morgan fingerprint density at radius 1 is 1.41 bits per heavy atom. The van der Waals surface area contributed by atoms with Gasteiger partial charge in [-0.2, -0.15) is 5.10 Å². The Balaban J connectivity index is 2.20. The van der Waals surface area contributed by atoms with Crippen molar-refractivity contribution in [1.29, 1.82) is 0 Å². The van der Waals surface area contributed by atoms with Crippen molar-refractivity contribution < 1.29 is 0 Å². The second kappa shape index (κ2) is 5.05. The lowest BCUT2D eigenvalue weighted by molar-refractivity contribution is 0.552. The summed E-state index contributed by atoms with van der Waals surface area (Å²) >= 11 is 0. The summed E-state index contributed by atoms with van der Waals surface area (Å²) in [6, 6.07) is 4.36. The molecule has 5 nitrogen and oxygen atoms in total. The first-order valence-corrected chi connectivity index (χ1v) is 5.63. The third-order valence-corrected chi connectivity index (χ3v) is 2.86. The van der Waals surface area contributed by atoms with Gasteiger partial charge in [-0.3, -0.25) is 9.67 Å². The summed E-state index contributed by atoms with van der Waals surface area (Å²) in [7, 11) is 3.86. The third-order valence-electron chi connectivity index (χ3n) is 2.86. The Hall–Kier alpha value is -1.75. The van der Waals surface area contributed by atoms with Crippen LogP contribution in [0.2, 0.25) is 0 Å². The van der Waals surface area contributed by atoms with Gasteiger partial charge in [0.2, 0.25) is 0 Å². The molecule has 0 saturated carbocycles. The van der Waals surface area contributed by atoms with E-state index in [0.29, 0.717) is 0 Å². The minimum absolute atomic E-state index is 0.236. The highest BCUT2D eigenvalue weighted by Gasteiger charge is 2.13. The first-order valence-electron chi connectivity index (χ1n) is 5.63. The molecule has 0 fully saturated rings. The maximum atomic E-state index is 4.25. The Labute approximate surface area is 101 Å². The summed E-state index contributed by atoms with van der Waals surface area (Å²) in [6.07, 6.45) is 4.24. The Bertz CT molecular complexity index is 491. The van der Waals surface area contributed by atoms with E-state index in [2.05, 4.69) is 26.4 Å². The van der Waals surface area contributed by atoms with E-state index in [-0.39, 0.29) is 6.04 Å². The van der Waals surface area contributed by atoms with Gasteiger partial charge in [0, 0.05) is 31.4 Å². The van der Waals surface area contributed by atoms with Crippen LogP contribution in [0.3, 0.4) is 0 Å². The van der Waals surface area contributed by atoms with E-state index < -0.39 is 0 Å². The fraction of sp³-hybridized carbons (Fsp3) is 0.417. The second-order valence-electron chi connectivity index (χ2n) is 4.08. The van der Waals surface area contributed by atoms with Gasteiger partial charge in [0.15, 0.2) is 0 Å². The predicted octanol–water partition coefficient (Wildman–Crippen LogP) is 1.02. The molecule has 1 unspecified atom stereocenters. The van der Waals surface area contributed by atoms with Crippen LogP contribution in [0.15, 0.2) is 24.7 Å². The van der Waals surface area contributed by atoms with Crippen LogP contribution < -0.4 is 5.32 Å². The zero-order valence-corrected chi connectivity index (χ0v) is 10.4. The van der Waals surface area contributed by atoms with Gasteiger partial charge in [0.1, 0.15) is 12.2 Å². The molecule has 2 aromatic rings. The molecule has 2 rings (SSSR count). The molecule has 0 spiro atoms. The summed E-state index contributed by atoms with van der Waals surface area (Å²) in [4.78, 5) is 8.46. The van der Waals surface area contributed by atoms with Gasteiger partial charge in [0.05, 0.1) is 0 Å². The highest BCUT2D eigenvalue weighted by Crippen LogP contribution is 2.16. The molecule has 1 atom stereocenters. The fourth-order valence-corrected chi connectivity index (χ4v) is 1.86. The molecule has 0 amide bonds. The Kier molecular flexibility index (Phi) is 3.49. The molecule has 2 heterocycles. The molecule has 0 aromatic carbocycles. The number of nitrogens with zero attached hydrogens (tertiary/aromatic N) is 4. The standard InChI is InChI=1S/C12H17N5/c1-9-6-10(4-5-14-9)11(13-2)7-12-15-8-16-17(12)3/h4-6,8,11,13H,7H2,1-3H3. The molecule has 0 aliphatic heterocycles. The van der Waals surface area contributed by atoms with Crippen molar-refractivity contribution in [2.75, 3.05) is 7.05 Å². The lowest BCUT2D eigenvalue weighted by Crippen LogP contribution is -2.20. The van der Waals surface area contributed by atoms with E-state index in [1.807, 2.05) is 33.3 Å². The van der Waals surface area contributed by atoms with Crippen molar-refractivity contribution in [3.8, 4) is 0 Å². The highest BCUT2D eigenvalue weighted by molar-refractivity contribution is 5.20. The fourth-order valence-electron chi connectivity index (χ4n) is 1.86. The molecule has 0 saturated heterocycles. The molecule has 0 radical (unpaired) electrons. The lowest BCUT2D eigenvalue weighted by atomic mass is 10.0. The van der Waals surface area contributed by atoms with Crippen LogP contribution in [0.25, 0.3) is 0 Å². The average molecular weight is 231 g/mol. The van der Waals surface area contributed by atoms with Crippen LogP contribution in [0.1, 0.15) is 23.1 Å². The van der Waals surface area contributed by atoms with E-state index in [4.69, 9.17) is 0 Å². The topological polar surface area (TPSA) is 55.6 Å². The molecule has 2 aromatic heterocycles. The van der Waals surface area contributed by atoms with Crippen LogP contribution >= 0.6 is 0 Å². The zero-order valence-electron chi connectivity index (χ0n) is 10.4. The van der Waals surface area contributed by atoms with Gasteiger partial charge >= 0.3 is 0 Å². The molecule has 0 bridgehead atoms. The van der Waals surface area contributed by atoms with Gasteiger partial charge in [-0.1, -0.05) is 0 Å². The second-order valence-corrected chi connectivity index (χ2v) is 4.08.